The van der Waals surface area contributed by atoms with E-state index in [2.05, 4.69) is 0 Å². The van der Waals surface area contributed by atoms with Crippen LogP contribution in [0.3, 0.4) is 0 Å². The lowest BCUT2D eigenvalue weighted by molar-refractivity contribution is 0.0979. The minimum atomic E-state index is -0.388. The van der Waals surface area contributed by atoms with Crippen molar-refractivity contribution < 1.29 is 9.59 Å². The fourth-order valence-corrected chi connectivity index (χ4v) is 2.90. The minimum absolute atomic E-state index is 0.0687. The van der Waals surface area contributed by atoms with Crippen LogP contribution in [0.4, 0.5) is 0 Å². The van der Waals surface area contributed by atoms with Gasteiger partial charge in [0.25, 0.3) is 0 Å². The van der Waals surface area contributed by atoms with Gasteiger partial charge in [-0.3, -0.25) is 9.59 Å². The summed E-state index contributed by atoms with van der Waals surface area (Å²) in [5, 5.41) is 0.706. The minimum Gasteiger partial charge on any atom is -0.289 e. The molecule has 6 heteroatoms. The average Bonchev–Trinajstić information content (AvgIpc) is 2.41. The van der Waals surface area contributed by atoms with Gasteiger partial charge >= 0.3 is 0 Å². The van der Waals surface area contributed by atoms with Crippen LogP contribution in [0, 0.1) is 0 Å². The molecule has 1 aliphatic carbocycles. The van der Waals surface area contributed by atoms with Crippen LogP contribution in [0.1, 0.15) is 31.8 Å². The van der Waals surface area contributed by atoms with Gasteiger partial charge in [0.15, 0.2) is 11.6 Å². The highest BCUT2D eigenvalue weighted by Gasteiger charge is 2.33. The fourth-order valence-electron chi connectivity index (χ4n) is 2.16. The van der Waals surface area contributed by atoms with Gasteiger partial charge in [-0.2, -0.15) is 0 Å². The van der Waals surface area contributed by atoms with Crippen molar-refractivity contribution in [2.75, 3.05) is 0 Å². The molecular weight excluding hydrogens is 342 g/mol. The molecule has 1 aliphatic rings. The Morgan fingerprint density at radius 3 is 1.80 bits per heavy atom. The number of hydrogen-bond donors (Lipinski definition) is 0. The molecule has 0 aromatic heterocycles. The number of fused-ring (bicyclic) bond motifs is 2. The number of hydrogen-bond acceptors (Lipinski definition) is 2. The molecule has 0 N–H and O–H groups in total. The molecule has 0 saturated heterocycles. The Balaban J connectivity index is 2.37. The lowest BCUT2D eigenvalue weighted by Crippen LogP contribution is -2.21. The zero-order valence-electron chi connectivity index (χ0n) is 9.64. The standard InChI is InChI=1S/C14H4Cl4O2/c15-8-2-1-5-11(12(8)18)14(20)7-4-10(17)9(16)3-6(7)13(5)19/h1-4H. The van der Waals surface area contributed by atoms with Crippen LogP contribution in [-0.2, 0) is 0 Å². The van der Waals surface area contributed by atoms with Crippen LogP contribution in [-0.4, -0.2) is 11.6 Å². The summed E-state index contributed by atoms with van der Waals surface area (Å²) in [5.41, 5.74) is 0.724. The van der Waals surface area contributed by atoms with Crippen molar-refractivity contribution in [2.24, 2.45) is 0 Å². The second-order valence-electron chi connectivity index (χ2n) is 4.25. The molecule has 0 atom stereocenters. The molecule has 20 heavy (non-hydrogen) atoms. The molecule has 0 radical (unpaired) electrons. The maximum atomic E-state index is 12.5. The number of ketones is 2. The Morgan fingerprint density at radius 2 is 1.20 bits per heavy atom. The third kappa shape index (κ3) is 1.87. The molecule has 100 valence electrons. The summed E-state index contributed by atoms with van der Waals surface area (Å²) in [7, 11) is 0. The highest BCUT2D eigenvalue weighted by Crippen LogP contribution is 2.38. The maximum Gasteiger partial charge on any atom is 0.196 e. The molecule has 2 aromatic rings. The van der Waals surface area contributed by atoms with Gasteiger partial charge in [-0.1, -0.05) is 46.4 Å². The van der Waals surface area contributed by atoms with E-state index >= 15 is 0 Å². The lowest BCUT2D eigenvalue weighted by Gasteiger charge is -2.19. The number of carbonyl (C=O) groups is 2. The summed E-state index contributed by atoms with van der Waals surface area (Å²) in [6, 6.07) is 5.73. The first-order valence-electron chi connectivity index (χ1n) is 5.48. The first-order valence-corrected chi connectivity index (χ1v) is 6.99. The van der Waals surface area contributed by atoms with Gasteiger partial charge in [-0.25, -0.2) is 0 Å². The molecule has 0 bridgehead atoms. The van der Waals surface area contributed by atoms with Crippen molar-refractivity contribution >= 4 is 58.0 Å². The van der Waals surface area contributed by atoms with Crippen molar-refractivity contribution in [3.05, 3.63) is 66.6 Å². The van der Waals surface area contributed by atoms with Crippen LogP contribution < -0.4 is 0 Å². The topological polar surface area (TPSA) is 34.1 Å². The van der Waals surface area contributed by atoms with E-state index in [-0.39, 0.29) is 53.9 Å². The third-order valence-corrected chi connectivity index (χ3v) is 4.64. The van der Waals surface area contributed by atoms with E-state index in [1.807, 2.05) is 0 Å². The van der Waals surface area contributed by atoms with E-state index < -0.39 is 0 Å². The van der Waals surface area contributed by atoms with Crippen LogP contribution in [0.15, 0.2) is 24.3 Å². The Kier molecular flexibility index (Phi) is 3.30. The lowest BCUT2D eigenvalue weighted by atomic mass is 9.84. The normalized spacial score (nSPS) is 13.2. The van der Waals surface area contributed by atoms with Crippen LogP contribution >= 0.6 is 46.4 Å². The molecule has 0 amide bonds. The van der Waals surface area contributed by atoms with E-state index in [0.717, 1.165) is 0 Å². The van der Waals surface area contributed by atoms with Gasteiger partial charge in [0.05, 0.1) is 25.7 Å². The predicted molar refractivity (Wildman–Crippen MR) is 79.8 cm³/mol. The summed E-state index contributed by atoms with van der Waals surface area (Å²) in [4.78, 5) is 24.9. The predicted octanol–water partition coefficient (Wildman–Crippen LogP) is 5.08. The number of rotatable bonds is 0. The largest absolute Gasteiger partial charge is 0.289 e. The third-order valence-electron chi connectivity index (χ3n) is 3.12. The summed E-state index contributed by atoms with van der Waals surface area (Å²) in [5.74, 6) is -0.715. The highest BCUT2D eigenvalue weighted by molar-refractivity contribution is 6.47. The van der Waals surface area contributed by atoms with Crippen molar-refractivity contribution in [2.45, 2.75) is 0 Å². The quantitative estimate of drug-likeness (QED) is 0.569. The summed E-state index contributed by atoms with van der Waals surface area (Å²) in [6.45, 7) is 0. The monoisotopic (exact) mass is 344 g/mol. The fraction of sp³-hybridized carbons (Fsp3) is 0. The zero-order chi connectivity index (χ0) is 14.6. The van der Waals surface area contributed by atoms with Gasteiger partial charge in [-0.05, 0) is 24.3 Å². The summed E-state index contributed by atoms with van der Waals surface area (Å²) >= 11 is 23.7. The van der Waals surface area contributed by atoms with Crippen molar-refractivity contribution in [3.8, 4) is 0 Å². The first kappa shape index (κ1) is 13.9. The van der Waals surface area contributed by atoms with Crippen molar-refractivity contribution in [1.82, 2.24) is 0 Å². The Hall–Kier alpha value is -1.06. The van der Waals surface area contributed by atoms with E-state index in [1.165, 1.54) is 24.3 Å². The van der Waals surface area contributed by atoms with Gasteiger partial charge in [-0.15, -0.1) is 0 Å². The molecule has 2 aromatic carbocycles. The Bertz CT molecular complexity index is 792. The molecule has 0 saturated carbocycles. The number of carbonyl (C=O) groups excluding carboxylic acids is 2. The average molecular weight is 346 g/mol. The zero-order valence-corrected chi connectivity index (χ0v) is 12.7. The maximum absolute atomic E-state index is 12.5. The Labute approximate surface area is 134 Å². The highest BCUT2D eigenvalue weighted by atomic mass is 35.5. The van der Waals surface area contributed by atoms with Crippen molar-refractivity contribution in [3.63, 3.8) is 0 Å². The number of halogens is 4. The second-order valence-corrected chi connectivity index (χ2v) is 5.85. The van der Waals surface area contributed by atoms with Gasteiger partial charge in [0.1, 0.15) is 0 Å². The SMILES string of the molecule is O=C1c2cc(Cl)c(Cl)cc2C(=O)c2c1ccc(Cl)c2Cl. The van der Waals surface area contributed by atoms with E-state index in [9.17, 15) is 9.59 Å². The number of benzene rings is 2. The van der Waals surface area contributed by atoms with Crippen molar-refractivity contribution in [1.29, 1.82) is 0 Å². The van der Waals surface area contributed by atoms with Gasteiger partial charge < -0.3 is 0 Å². The molecule has 0 heterocycles. The van der Waals surface area contributed by atoms with E-state index in [4.69, 9.17) is 46.4 Å². The van der Waals surface area contributed by atoms with Gasteiger partial charge in [0.2, 0.25) is 0 Å². The first-order chi connectivity index (χ1) is 9.41. The molecule has 3 rings (SSSR count). The summed E-state index contributed by atoms with van der Waals surface area (Å²) in [6.07, 6.45) is 0. The molecule has 0 unspecified atom stereocenters. The van der Waals surface area contributed by atoms with Crippen LogP contribution in [0.2, 0.25) is 20.1 Å². The van der Waals surface area contributed by atoms with Crippen LogP contribution in [0.5, 0.6) is 0 Å². The second kappa shape index (κ2) is 4.74. The van der Waals surface area contributed by atoms with E-state index in [1.54, 1.807) is 0 Å². The molecule has 0 spiro atoms. The summed E-state index contributed by atoms with van der Waals surface area (Å²) < 4.78 is 0. The Morgan fingerprint density at radius 1 is 0.650 bits per heavy atom. The molecule has 2 nitrogen and oxygen atoms in total. The smallest absolute Gasteiger partial charge is 0.196 e. The van der Waals surface area contributed by atoms with Gasteiger partial charge in [0, 0.05) is 16.7 Å². The molecular formula is C14H4Cl4O2. The van der Waals surface area contributed by atoms with Crippen LogP contribution in [0.25, 0.3) is 0 Å². The van der Waals surface area contributed by atoms with E-state index in [0.29, 0.717) is 0 Å². The molecule has 0 aliphatic heterocycles. The molecule has 0 fully saturated rings.